The molecule has 0 aromatic heterocycles. The van der Waals surface area contributed by atoms with Gasteiger partial charge in [-0.05, 0) is 37.0 Å². The fraction of sp³-hybridized carbons (Fsp3) is 0.708. The third-order valence-electron chi connectivity index (χ3n) is 5.25. The van der Waals surface area contributed by atoms with E-state index in [1.807, 2.05) is 12.1 Å². The summed E-state index contributed by atoms with van der Waals surface area (Å²) in [6, 6.07) is 8.24. The Morgan fingerprint density at radius 3 is 1.59 bits per heavy atom. The molecule has 0 spiro atoms. The molecule has 2 nitrogen and oxygen atoms in total. The van der Waals surface area contributed by atoms with E-state index in [4.69, 9.17) is 16.7 Å². The lowest BCUT2D eigenvalue weighted by molar-refractivity contribution is -0.137. The molecule has 0 bridgehead atoms. The Kier molecular flexibility index (Phi) is 15.2. The Morgan fingerprint density at radius 2 is 1.15 bits per heavy atom. The van der Waals surface area contributed by atoms with Crippen LogP contribution in [-0.4, -0.2) is 11.1 Å². The average molecular weight is 395 g/mol. The average Bonchev–Trinajstić information content (AvgIpc) is 2.64. The number of hydrogen-bond donors (Lipinski definition) is 1. The molecule has 0 aliphatic rings. The summed E-state index contributed by atoms with van der Waals surface area (Å²) in [6.07, 6.45) is 20.8. The number of benzene rings is 1. The number of aliphatic carboxylic acids is 1. The topological polar surface area (TPSA) is 37.3 Å². The van der Waals surface area contributed by atoms with Crippen LogP contribution in [0.25, 0.3) is 0 Å². The van der Waals surface area contributed by atoms with Crippen LogP contribution in [0.3, 0.4) is 0 Å². The molecule has 1 N–H and O–H groups in total. The number of hydrogen-bond acceptors (Lipinski definition) is 1. The zero-order valence-corrected chi connectivity index (χ0v) is 17.8. The quantitative estimate of drug-likeness (QED) is 0.254. The molecule has 1 aromatic carbocycles. The molecule has 0 aliphatic heterocycles. The van der Waals surface area contributed by atoms with E-state index in [1.165, 1.54) is 89.0 Å². The fourth-order valence-corrected chi connectivity index (χ4v) is 3.81. The molecule has 154 valence electrons. The monoisotopic (exact) mass is 394 g/mol. The summed E-state index contributed by atoms with van der Waals surface area (Å²) in [4.78, 5) is 10.4. The van der Waals surface area contributed by atoms with Crippen LogP contribution in [-0.2, 0) is 11.2 Å². The van der Waals surface area contributed by atoms with E-state index in [0.717, 1.165) is 24.3 Å². The molecule has 1 rings (SSSR count). The van der Waals surface area contributed by atoms with Gasteiger partial charge in [0.2, 0.25) is 0 Å². The summed E-state index contributed by atoms with van der Waals surface area (Å²) >= 11 is 6.01. The highest BCUT2D eigenvalue weighted by Crippen LogP contribution is 2.16. The third kappa shape index (κ3) is 15.7. The van der Waals surface area contributed by atoms with Crippen molar-refractivity contribution in [3.8, 4) is 0 Å². The van der Waals surface area contributed by atoms with E-state index in [1.54, 1.807) is 0 Å². The van der Waals surface area contributed by atoms with Crippen LogP contribution in [0.1, 0.15) is 108 Å². The normalized spacial score (nSPS) is 11.0. The highest BCUT2D eigenvalue weighted by molar-refractivity contribution is 6.30. The summed E-state index contributed by atoms with van der Waals surface area (Å²) in [7, 11) is 0. The van der Waals surface area contributed by atoms with Crippen molar-refractivity contribution in [3.63, 3.8) is 0 Å². The molecular formula is C24H39ClO2. The van der Waals surface area contributed by atoms with Gasteiger partial charge in [-0.15, -0.1) is 0 Å². The van der Waals surface area contributed by atoms with Crippen molar-refractivity contribution < 1.29 is 9.90 Å². The maximum absolute atomic E-state index is 10.4. The minimum Gasteiger partial charge on any atom is -0.481 e. The lowest BCUT2D eigenvalue weighted by atomic mass is 10.0. The van der Waals surface area contributed by atoms with E-state index < -0.39 is 5.97 Å². The van der Waals surface area contributed by atoms with Crippen LogP contribution in [0, 0.1) is 0 Å². The number of carboxylic acids is 1. The van der Waals surface area contributed by atoms with Gasteiger partial charge in [0.05, 0.1) is 0 Å². The van der Waals surface area contributed by atoms with Crippen LogP contribution in [0.15, 0.2) is 24.3 Å². The molecule has 0 unspecified atom stereocenters. The van der Waals surface area contributed by atoms with Gasteiger partial charge < -0.3 is 5.11 Å². The summed E-state index contributed by atoms with van der Waals surface area (Å²) in [5.41, 5.74) is 1.36. The third-order valence-corrected chi connectivity index (χ3v) is 5.48. The van der Waals surface area contributed by atoms with Gasteiger partial charge in [-0.25, -0.2) is 0 Å². The first-order valence-corrected chi connectivity index (χ1v) is 11.5. The minimum absolute atomic E-state index is 0.335. The number of aryl methyl sites for hydroxylation is 1. The maximum atomic E-state index is 10.4. The summed E-state index contributed by atoms with van der Waals surface area (Å²) in [5, 5.41) is 9.43. The van der Waals surface area contributed by atoms with E-state index in [0.29, 0.717) is 6.42 Å². The predicted octanol–water partition coefficient (Wildman–Crippen LogP) is 8.21. The fourth-order valence-electron chi connectivity index (χ4n) is 3.60. The van der Waals surface area contributed by atoms with Crippen molar-refractivity contribution in [1.29, 1.82) is 0 Å². The minimum atomic E-state index is -0.660. The lowest BCUT2D eigenvalue weighted by Gasteiger charge is -2.04. The van der Waals surface area contributed by atoms with Crippen molar-refractivity contribution in [2.75, 3.05) is 0 Å². The molecule has 0 fully saturated rings. The van der Waals surface area contributed by atoms with Crippen LogP contribution in [0.5, 0.6) is 0 Å². The van der Waals surface area contributed by atoms with Gasteiger partial charge in [0, 0.05) is 11.4 Å². The Hall–Kier alpha value is -1.02. The number of carboxylic acid groups (broad SMARTS) is 1. The highest BCUT2D eigenvalue weighted by Gasteiger charge is 1.98. The van der Waals surface area contributed by atoms with E-state index in [9.17, 15) is 4.79 Å². The standard InChI is InChI=1S/C24H39ClO2/c25-23-19-16-18-22(21-23)17-14-12-10-8-6-4-2-1-3-5-7-9-11-13-15-20-24(26)27/h16,18-19,21H,1-15,17,20H2,(H,26,27). The van der Waals surface area contributed by atoms with Crippen LogP contribution < -0.4 is 0 Å². The Balaban J connectivity index is 1.74. The van der Waals surface area contributed by atoms with Crippen molar-refractivity contribution in [3.05, 3.63) is 34.9 Å². The number of halogens is 1. The first kappa shape index (κ1) is 24.0. The van der Waals surface area contributed by atoms with Crippen molar-refractivity contribution in [1.82, 2.24) is 0 Å². The lowest BCUT2D eigenvalue weighted by Crippen LogP contribution is -1.93. The van der Waals surface area contributed by atoms with Gasteiger partial charge in [0.1, 0.15) is 0 Å². The molecule has 0 amide bonds. The van der Waals surface area contributed by atoms with Crippen molar-refractivity contribution >= 4 is 17.6 Å². The molecule has 0 atom stereocenters. The molecular weight excluding hydrogens is 356 g/mol. The van der Waals surface area contributed by atoms with E-state index in [-0.39, 0.29) is 0 Å². The largest absolute Gasteiger partial charge is 0.481 e. The van der Waals surface area contributed by atoms with E-state index >= 15 is 0 Å². The van der Waals surface area contributed by atoms with Gasteiger partial charge in [-0.2, -0.15) is 0 Å². The summed E-state index contributed by atoms with van der Waals surface area (Å²) in [5.74, 6) is -0.660. The number of unbranched alkanes of at least 4 members (excludes halogenated alkanes) is 14. The number of carbonyl (C=O) groups is 1. The second-order valence-corrected chi connectivity index (χ2v) is 8.26. The van der Waals surface area contributed by atoms with Crippen LogP contribution >= 0.6 is 11.6 Å². The molecule has 27 heavy (non-hydrogen) atoms. The zero-order chi connectivity index (χ0) is 19.6. The first-order chi connectivity index (χ1) is 13.2. The molecule has 0 saturated heterocycles. The SMILES string of the molecule is O=C(O)CCCCCCCCCCCCCCCCCc1cccc(Cl)c1. The molecule has 0 saturated carbocycles. The number of rotatable bonds is 18. The first-order valence-electron chi connectivity index (χ1n) is 11.1. The van der Waals surface area contributed by atoms with E-state index in [2.05, 4.69) is 12.1 Å². The molecule has 0 radical (unpaired) electrons. The van der Waals surface area contributed by atoms with Crippen molar-refractivity contribution in [2.24, 2.45) is 0 Å². The van der Waals surface area contributed by atoms with Gasteiger partial charge in [0.25, 0.3) is 0 Å². The second kappa shape index (κ2) is 17.1. The van der Waals surface area contributed by atoms with Crippen LogP contribution in [0.4, 0.5) is 0 Å². The zero-order valence-electron chi connectivity index (χ0n) is 17.1. The maximum Gasteiger partial charge on any atom is 0.303 e. The molecule has 1 aromatic rings. The Morgan fingerprint density at radius 1 is 0.704 bits per heavy atom. The molecule has 0 heterocycles. The van der Waals surface area contributed by atoms with Gasteiger partial charge in [-0.3, -0.25) is 4.79 Å². The van der Waals surface area contributed by atoms with Gasteiger partial charge in [0.15, 0.2) is 0 Å². The van der Waals surface area contributed by atoms with Crippen LogP contribution in [0.2, 0.25) is 5.02 Å². The molecule has 0 aliphatic carbocycles. The Bertz CT molecular complexity index is 487. The van der Waals surface area contributed by atoms with Gasteiger partial charge in [-0.1, -0.05) is 107 Å². The molecule has 3 heteroatoms. The second-order valence-electron chi connectivity index (χ2n) is 7.83. The Labute approximate surface area is 171 Å². The smallest absolute Gasteiger partial charge is 0.303 e. The van der Waals surface area contributed by atoms with Crippen molar-refractivity contribution in [2.45, 2.75) is 109 Å². The summed E-state index contributed by atoms with van der Waals surface area (Å²) in [6.45, 7) is 0. The van der Waals surface area contributed by atoms with Gasteiger partial charge >= 0.3 is 5.97 Å². The summed E-state index contributed by atoms with van der Waals surface area (Å²) < 4.78 is 0. The highest BCUT2D eigenvalue weighted by atomic mass is 35.5. The predicted molar refractivity (Wildman–Crippen MR) is 117 cm³/mol.